The highest BCUT2D eigenvalue weighted by Crippen LogP contribution is 2.12. The van der Waals surface area contributed by atoms with Crippen LogP contribution in [-0.4, -0.2) is 61.4 Å². The SMILES string of the molecule is CCNC(=O)[C@@H](NC(=O)[C@H](C)NC[C@H](Cc1ccccc1)NC(=O)c1cccc(C(=O)NCCc2cccc(Cl)c2)c1)C(C)C. The summed E-state index contributed by atoms with van der Waals surface area (Å²) < 4.78 is 0. The molecule has 4 amide bonds. The Labute approximate surface area is 270 Å². The molecule has 0 aromatic heterocycles. The van der Waals surface area contributed by atoms with Gasteiger partial charge in [0.2, 0.25) is 11.8 Å². The lowest BCUT2D eigenvalue weighted by molar-refractivity contribution is -0.130. The second kappa shape index (κ2) is 17.9. The van der Waals surface area contributed by atoms with Crippen molar-refractivity contribution < 1.29 is 19.2 Å². The van der Waals surface area contributed by atoms with Crippen LogP contribution in [0.25, 0.3) is 0 Å². The molecule has 9 nitrogen and oxygen atoms in total. The van der Waals surface area contributed by atoms with Crippen molar-refractivity contribution in [2.75, 3.05) is 19.6 Å². The number of rotatable bonds is 16. The summed E-state index contributed by atoms with van der Waals surface area (Å²) in [6.07, 6.45) is 1.15. The van der Waals surface area contributed by atoms with Crippen LogP contribution in [0.2, 0.25) is 5.02 Å². The van der Waals surface area contributed by atoms with E-state index in [0.717, 1.165) is 11.1 Å². The summed E-state index contributed by atoms with van der Waals surface area (Å²) >= 11 is 6.05. The van der Waals surface area contributed by atoms with Crippen molar-refractivity contribution in [1.82, 2.24) is 26.6 Å². The molecule has 45 heavy (non-hydrogen) atoms. The summed E-state index contributed by atoms with van der Waals surface area (Å²) in [5, 5.41) is 15.4. The van der Waals surface area contributed by atoms with Crippen LogP contribution >= 0.6 is 11.6 Å². The van der Waals surface area contributed by atoms with Crippen LogP contribution in [0.15, 0.2) is 78.9 Å². The molecule has 0 saturated heterocycles. The van der Waals surface area contributed by atoms with Crippen LogP contribution < -0.4 is 26.6 Å². The molecule has 0 aliphatic heterocycles. The van der Waals surface area contributed by atoms with Crippen molar-refractivity contribution in [2.24, 2.45) is 5.92 Å². The standard InChI is InChI=1S/C35H44ClN5O4/c1-5-37-35(45)31(23(2)3)41-32(42)24(4)39-22-30(20-25-11-7-6-8-12-25)40-34(44)28-15-10-14-27(21-28)33(43)38-18-17-26-13-9-16-29(36)19-26/h6-16,19,21,23-24,30-31,39H,5,17-18,20,22H2,1-4H3,(H,37,45)(H,38,43)(H,40,44)(H,41,42)/t24-,30-,31-/m0/s1. The van der Waals surface area contributed by atoms with E-state index >= 15 is 0 Å². The van der Waals surface area contributed by atoms with Crippen molar-refractivity contribution in [1.29, 1.82) is 0 Å². The van der Waals surface area contributed by atoms with Crippen molar-refractivity contribution in [3.8, 4) is 0 Å². The quantitative estimate of drug-likeness (QED) is 0.163. The fraction of sp³-hybridized carbons (Fsp3) is 0.371. The predicted octanol–water partition coefficient (Wildman–Crippen LogP) is 3.91. The van der Waals surface area contributed by atoms with Gasteiger partial charge in [0.05, 0.1) is 6.04 Å². The van der Waals surface area contributed by atoms with Gasteiger partial charge in [-0.15, -0.1) is 0 Å². The van der Waals surface area contributed by atoms with E-state index in [1.807, 2.05) is 69.3 Å². The number of carbonyl (C=O) groups excluding carboxylic acids is 4. The van der Waals surface area contributed by atoms with Gasteiger partial charge >= 0.3 is 0 Å². The van der Waals surface area contributed by atoms with Gasteiger partial charge in [-0.3, -0.25) is 19.2 Å². The molecule has 3 aromatic rings. The van der Waals surface area contributed by atoms with E-state index in [-0.39, 0.29) is 35.6 Å². The summed E-state index contributed by atoms with van der Waals surface area (Å²) in [4.78, 5) is 51.6. The van der Waals surface area contributed by atoms with Crippen molar-refractivity contribution in [2.45, 2.75) is 58.7 Å². The van der Waals surface area contributed by atoms with Gasteiger partial charge in [-0.1, -0.05) is 74.0 Å². The molecule has 3 aromatic carbocycles. The van der Waals surface area contributed by atoms with E-state index in [2.05, 4.69) is 26.6 Å². The number of amides is 4. The number of carbonyl (C=O) groups is 4. The molecule has 0 spiro atoms. The third-order valence-electron chi connectivity index (χ3n) is 7.30. The average molecular weight is 634 g/mol. The van der Waals surface area contributed by atoms with E-state index in [4.69, 9.17) is 11.6 Å². The highest BCUT2D eigenvalue weighted by atomic mass is 35.5. The second-order valence-electron chi connectivity index (χ2n) is 11.3. The zero-order valence-electron chi connectivity index (χ0n) is 26.4. The third kappa shape index (κ3) is 11.7. The van der Waals surface area contributed by atoms with Gasteiger partial charge in [0.15, 0.2) is 0 Å². The fourth-order valence-corrected chi connectivity index (χ4v) is 4.98. The minimum atomic E-state index is -0.650. The van der Waals surface area contributed by atoms with Crippen LogP contribution in [0.3, 0.4) is 0 Å². The largest absolute Gasteiger partial charge is 0.355 e. The highest BCUT2D eigenvalue weighted by Gasteiger charge is 2.26. The Morgan fingerprint density at radius 2 is 1.40 bits per heavy atom. The molecule has 0 radical (unpaired) electrons. The fourth-order valence-electron chi connectivity index (χ4n) is 4.77. The second-order valence-corrected chi connectivity index (χ2v) is 11.8. The highest BCUT2D eigenvalue weighted by molar-refractivity contribution is 6.30. The Bertz CT molecular complexity index is 1430. The number of nitrogens with one attached hydrogen (secondary N) is 5. The van der Waals surface area contributed by atoms with Gasteiger partial charge in [0.1, 0.15) is 6.04 Å². The summed E-state index contributed by atoms with van der Waals surface area (Å²) in [7, 11) is 0. The maximum absolute atomic E-state index is 13.4. The van der Waals surface area contributed by atoms with Gasteiger partial charge in [-0.05, 0) is 74.1 Å². The van der Waals surface area contributed by atoms with E-state index in [1.54, 1.807) is 37.3 Å². The number of halogens is 1. The topological polar surface area (TPSA) is 128 Å². The number of hydrogen-bond donors (Lipinski definition) is 5. The minimum Gasteiger partial charge on any atom is -0.355 e. The van der Waals surface area contributed by atoms with Crippen LogP contribution in [0.4, 0.5) is 0 Å². The smallest absolute Gasteiger partial charge is 0.251 e. The summed E-state index contributed by atoms with van der Waals surface area (Å²) in [5.74, 6) is -1.22. The zero-order valence-corrected chi connectivity index (χ0v) is 27.1. The molecule has 10 heteroatoms. The normalized spacial score (nSPS) is 12.9. The zero-order chi connectivity index (χ0) is 32.8. The Kier molecular flexibility index (Phi) is 14.1. The van der Waals surface area contributed by atoms with Gasteiger partial charge in [-0.25, -0.2) is 0 Å². The lowest BCUT2D eigenvalue weighted by atomic mass is 10.0. The lowest BCUT2D eigenvalue weighted by Crippen LogP contribution is -2.55. The first-order chi connectivity index (χ1) is 21.6. The molecule has 3 rings (SSSR count). The van der Waals surface area contributed by atoms with E-state index < -0.39 is 12.1 Å². The molecule has 0 fully saturated rings. The van der Waals surface area contributed by atoms with E-state index in [0.29, 0.717) is 48.6 Å². The minimum absolute atomic E-state index is 0.0846. The molecule has 5 N–H and O–H groups in total. The predicted molar refractivity (Wildman–Crippen MR) is 178 cm³/mol. The molecular formula is C35H44ClN5O4. The molecule has 3 atom stereocenters. The van der Waals surface area contributed by atoms with Gasteiger partial charge < -0.3 is 26.6 Å². The molecule has 0 aliphatic carbocycles. The Morgan fingerprint density at radius 1 is 0.733 bits per heavy atom. The first-order valence-electron chi connectivity index (χ1n) is 15.4. The summed E-state index contributed by atoms with van der Waals surface area (Å²) in [6, 6.07) is 22.2. The lowest BCUT2D eigenvalue weighted by Gasteiger charge is -2.25. The van der Waals surface area contributed by atoms with Crippen LogP contribution in [0, 0.1) is 5.92 Å². The molecule has 0 saturated carbocycles. The van der Waals surface area contributed by atoms with Crippen molar-refractivity contribution in [3.63, 3.8) is 0 Å². The van der Waals surface area contributed by atoms with Crippen molar-refractivity contribution >= 4 is 35.2 Å². The summed E-state index contributed by atoms with van der Waals surface area (Å²) in [5.41, 5.74) is 2.76. The van der Waals surface area contributed by atoms with Gasteiger partial charge in [-0.2, -0.15) is 0 Å². The monoisotopic (exact) mass is 633 g/mol. The third-order valence-corrected chi connectivity index (χ3v) is 7.53. The molecule has 240 valence electrons. The average Bonchev–Trinajstić information content (AvgIpc) is 3.02. The Hall–Kier alpha value is -4.21. The molecular weight excluding hydrogens is 590 g/mol. The Balaban J connectivity index is 1.63. The van der Waals surface area contributed by atoms with Crippen LogP contribution in [0.1, 0.15) is 59.5 Å². The van der Waals surface area contributed by atoms with Crippen LogP contribution in [-0.2, 0) is 22.4 Å². The first kappa shape index (κ1) is 35.3. The maximum atomic E-state index is 13.4. The molecule has 0 heterocycles. The molecule has 0 bridgehead atoms. The summed E-state index contributed by atoms with van der Waals surface area (Å²) in [6.45, 7) is 8.51. The van der Waals surface area contributed by atoms with Gasteiger partial charge in [0.25, 0.3) is 11.8 Å². The number of benzene rings is 3. The molecule has 0 aliphatic rings. The first-order valence-corrected chi connectivity index (χ1v) is 15.7. The number of likely N-dealkylation sites (N-methyl/N-ethyl adjacent to an activating group) is 1. The number of hydrogen-bond acceptors (Lipinski definition) is 5. The van der Waals surface area contributed by atoms with Crippen molar-refractivity contribution in [3.05, 3.63) is 106 Å². The van der Waals surface area contributed by atoms with Gasteiger partial charge in [0, 0.05) is 41.8 Å². The van der Waals surface area contributed by atoms with E-state index in [1.165, 1.54) is 0 Å². The maximum Gasteiger partial charge on any atom is 0.251 e. The molecule has 0 unspecified atom stereocenters. The Morgan fingerprint density at radius 3 is 2.07 bits per heavy atom. The van der Waals surface area contributed by atoms with Crippen LogP contribution in [0.5, 0.6) is 0 Å². The van der Waals surface area contributed by atoms with E-state index in [9.17, 15) is 19.2 Å².